The number of aromatic carboxylic acids is 1. The first-order chi connectivity index (χ1) is 9.86. The number of H-pyrrole nitrogens is 1. The summed E-state index contributed by atoms with van der Waals surface area (Å²) < 4.78 is 5.44. The minimum atomic E-state index is -1.16. The topological polar surface area (TPSA) is 92.3 Å². The first-order valence-electron chi connectivity index (χ1n) is 6.19. The molecule has 0 saturated carbocycles. The number of nitrogens with zero attached hydrogens (tertiary/aromatic N) is 1. The molecule has 0 aliphatic carbocycles. The van der Waals surface area contributed by atoms with Crippen molar-refractivity contribution in [3.05, 3.63) is 51.0 Å². The van der Waals surface area contributed by atoms with Gasteiger partial charge < -0.3 is 14.8 Å². The lowest BCUT2D eigenvalue weighted by molar-refractivity contribution is 0.0696. The van der Waals surface area contributed by atoms with Crippen LogP contribution in [0.3, 0.4) is 0 Å². The highest BCUT2D eigenvalue weighted by Crippen LogP contribution is 2.25. The van der Waals surface area contributed by atoms with E-state index in [9.17, 15) is 9.59 Å². The van der Waals surface area contributed by atoms with Crippen LogP contribution in [0, 0.1) is 0 Å². The molecule has 0 radical (unpaired) electrons. The first kappa shape index (κ1) is 15.1. The van der Waals surface area contributed by atoms with Crippen molar-refractivity contribution in [2.75, 3.05) is 0 Å². The van der Waals surface area contributed by atoms with E-state index >= 15 is 0 Å². The lowest BCUT2D eigenvalue weighted by Gasteiger charge is -2.09. The number of nitrogens with one attached hydrogen (secondary N) is 1. The van der Waals surface area contributed by atoms with E-state index in [1.807, 2.05) is 13.8 Å². The van der Waals surface area contributed by atoms with Gasteiger partial charge in [0.1, 0.15) is 11.6 Å². The second kappa shape index (κ2) is 5.97. The third-order valence-electron chi connectivity index (χ3n) is 2.67. The van der Waals surface area contributed by atoms with Gasteiger partial charge in [-0.25, -0.2) is 4.79 Å². The number of rotatable bonds is 4. The summed E-state index contributed by atoms with van der Waals surface area (Å²) in [6.45, 7) is 3.76. The maximum absolute atomic E-state index is 11.5. The van der Waals surface area contributed by atoms with Gasteiger partial charge in [0.05, 0.1) is 16.7 Å². The average molecular weight is 309 g/mol. The Hall–Kier alpha value is -2.34. The molecule has 1 aromatic carbocycles. The normalized spacial score (nSPS) is 10.7. The summed E-state index contributed by atoms with van der Waals surface area (Å²) in [5, 5.41) is 9.11. The van der Waals surface area contributed by atoms with E-state index in [0.29, 0.717) is 5.82 Å². The van der Waals surface area contributed by atoms with Crippen molar-refractivity contribution >= 4 is 17.6 Å². The Morgan fingerprint density at radius 3 is 2.71 bits per heavy atom. The Kier molecular flexibility index (Phi) is 4.28. The van der Waals surface area contributed by atoms with Crippen molar-refractivity contribution < 1.29 is 14.6 Å². The standard InChI is InChI=1S/C14H13ClN2O4/c1-7(2)13-16-11(18)6-12(17-13)21-8-3-4-10(15)9(5-8)14(19)20/h3-7H,1-2H3,(H,19,20)(H,16,17,18). The van der Waals surface area contributed by atoms with Gasteiger partial charge in [-0.1, -0.05) is 25.4 Å². The fourth-order valence-corrected chi connectivity index (χ4v) is 1.83. The monoisotopic (exact) mass is 308 g/mol. The minimum absolute atomic E-state index is 0.0287. The molecule has 1 heterocycles. The Balaban J connectivity index is 2.36. The third kappa shape index (κ3) is 3.61. The van der Waals surface area contributed by atoms with Gasteiger partial charge in [0.15, 0.2) is 0 Å². The van der Waals surface area contributed by atoms with E-state index in [2.05, 4.69) is 9.97 Å². The second-order valence-electron chi connectivity index (χ2n) is 4.67. The Morgan fingerprint density at radius 1 is 1.38 bits per heavy atom. The van der Waals surface area contributed by atoms with Crippen molar-refractivity contribution in [2.24, 2.45) is 0 Å². The zero-order valence-electron chi connectivity index (χ0n) is 11.4. The maximum Gasteiger partial charge on any atom is 0.337 e. The Labute approximate surface area is 125 Å². The van der Waals surface area contributed by atoms with E-state index in [0.717, 1.165) is 0 Å². The summed E-state index contributed by atoms with van der Waals surface area (Å²) in [4.78, 5) is 29.3. The number of benzene rings is 1. The number of halogens is 1. The molecule has 0 bridgehead atoms. The molecule has 110 valence electrons. The van der Waals surface area contributed by atoms with E-state index in [1.54, 1.807) is 0 Å². The van der Waals surface area contributed by atoms with Crippen LogP contribution in [0.25, 0.3) is 0 Å². The number of hydrogen-bond donors (Lipinski definition) is 2. The first-order valence-corrected chi connectivity index (χ1v) is 6.56. The van der Waals surface area contributed by atoms with Crippen LogP contribution in [0.15, 0.2) is 29.1 Å². The molecule has 2 N–H and O–H groups in total. The van der Waals surface area contributed by atoms with Crippen LogP contribution < -0.4 is 10.3 Å². The van der Waals surface area contributed by atoms with Gasteiger partial charge in [-0.05, 0) is 18.2 Å². The highest BCUT2D eigenvalue weighted by Gasteiger charge is 2.12. The molecule has 0 aliphatic rings. The van der Waals surface area contributed by atoms with Crippen molar-refractivity contribution in [1.82, 2.24) is 9.97 Å². The van der Waals surface area contributed by atoms with Gasteiger partial charge >= 0.3 is 5.97 Å². The molecule has 6 nitrogen and oxygen atoms in total. The second-order valence-corrected chi connectivity index (χ2v) is 5.08. The van der Waals surface area contributed by atoms with Crippen LogP contribution in [0.5, 0.6) is 11.6 Å². The predicted molar refractivity (Wildman–Crippen MR) is 77.4 cm³/mol. The number of aromatic amines is 1. The molecule has 0 saturated heterocycles. The summed E-state index contributed by atoms with van der Waals surface area (Å²) >= 11 is 5.78. The van der Waals surface area contributed by atoms with Crippen LogP contribution in [0.2, 0.25) is 5.02 Å². The van der Waals surface area contributed by atoms with Crippen molar-refractivity contribution in [2.45, 2.75) is 19.8 Å². The molecule has 2 rings (SSSR count). The van der Waals surface area contributed by atoms with E-state index in [4.69, 9.17) is 21.4 Å². The van der Waals surface area contributed by atoms with Crippen LogP contribution in [-0.4, -0.2) is 21.0 Å². The number of hydrogen-bond acceptors (Lipinski definition) is 4. The summed E-state index contributed by atoms with van der Waals surface area (Å²) in [6, 6.07) is 5.40. The molecule has 0 atom stereocenters. The molecule has 0 aliphatic heterocycles. The summed E-state index contributed by atoms with van der Waals surface area (Å²) in [6.07, 6.45) is 0. The van der Waals surface area contributed by atoms with Crippen LogP contribution in [-0.2, 0) is 0 Å². The lowest BCUT2D eigenvalue weighted by atomic mass is 10.2. The summed E-state index contributed by atoms with van der Waals surface area (Å²) in [5.41, 5.74) is -0.417. The summed E-state index contributed by atoms with van der Waals surface area (Å²) in [5.74, 6) is -0.302. The number of carbonyl (C=O) groups is 1. The van der Waals surface area contributed by atoms with Crippen molar-refractivity contribution in [3.63, 3.8) is 0 Å². The number of carboxylic acid groups (broad SMARTS) is 1. The molecule has 0 fully saturated rings. The van der Waals surface area contributed by atoms with Crippen molar-refractivity contribution in [1.29, 1.82) is 0 Å². The molecule has 0 unspecified atom stereocenters. The molecule has 2 aromatic rings. The van der Waals surface area contributed by atoms with Gasteiger partial charge in [-0.3, -0.25) is 4.79 Å². The van der Waals surface area contributed by atoms with E-state index in [1.165, 1.54) is 24.3 Å². The SMILES string of the molecule is CC(C)c1nc(Oc2ccc(Cl)c(C(=O)O)c2)cc(=O)[nH]1. The molecule has 7 heteroatoms. The number of carboxylic acids is 1. The van der Waals surface area contributed by atoms with E-state index in [-0.39, 0.29) is 33.7 Å². The van der Waals surface area contributed by atoms with Gasteiger partial charge in [-0.2, -0.15) is 4.98 Å². The van der Waals surface area contributed by atoms with Gasteiger partial charge in [-0.15, -0.1) is 0 Å². The third-order valence-corrected chi connectivity index (χ3v) is 3.00. The zero-order valence-corrected chi connectivity index (χ0v) is 12.1. The highest BCUT2D eigenvalue weighted by atomic mass is 35.5. The van der Waals surface area contributed by atoms with Crippen LogP contribution >= 0.6 is 11.6 Å². The minimum Gasteiger partial charge on any atom is -0.478 e. The van der Waals surface area contributed by atoms with E-state index < -0.39 is 5.97 Å². The molecular weight excluding hydrogens is 296 g/mol. The lowest BCUT2D eigenvalue weighted by Crippen LogP contribution is -2.12. The average Bonchev–Trinajstić information content (AvgIpc) is 2.40. The number of aromatic nitrogens is 2. The summed E-state index contributed by atoms with van der Waals surface area (Å²) in [7, 11) is 0. The zero-order chi connectivity index (χ0) is 15.6. The molecule has 0 spiro atoms. The van der Waals surface area contributed by atoms with Gasteiger partial charge in [0.2, 0.25) is 5.88 Å². The molecule has 21 heavy (non-hydrogen) atoms. The smallest absolute Gasteiger partial charge is 0.337 e. The van der Waals surface area contributed by atoms with Crippen LogP contribution in [0.1, 0.15) is 35.9 Å². The number of ether oxygens (including phenoxy) is 1. The Morgan fingerprint density at radius 2 is 2.10 bits per heavy atom. The van der Waals surface area contributed by atoms with Gasteiger partial charge in [0, 0.05) is 5.92 Å². The molecular formula is C14H13ClN2O4. The quantitative estimate of drug-likeness (QED) is 0.905. The van der Waals surface area contributed by atoms with Crippen molar-refractivity contribution in [3.8, 4) is 11.6 Å². The largest absolute Gasteiger partial charge is 0.478 e. The van der Waals surface area contributed by atoms with Gasteiger partial charge in [0.25, 0.3) is 5.56 Å². The fraction of sp³-hybridized carbons (Fsp3) is 0.214. The fourth-order valence-electron chi connectivity index (χ4n) is 1.63. The Bertz CT molecular complexity index is 740. The van der Waals surface area contributed by atoms with Crippen LogP contribution in [0.4, 0.5) is 0 Å². The molecule has 1 aromatic heterocycles. The maximum atomic E-state index is 11.5. The molecule has 0 amide bonds. The highest BCUT2D eigenvalue weighted by molar-refractivity contribution is 6.33. The predicted octanol–water partition coefficient (Wildman–Crippen LogP) is 3.04.